The average Bonchev–Trinajstić information content (AvgIpc) is 2.96. The summed E-state index contributed by atoms with van der Waals surface area (Å²) < 4.78 is 33.3. The molecule has 0 aromatic heterocycles. The van der Waals surface area contributed by atoms with Crippen molar-refractivity contribution in [3.63, 3.8) is 0 Å². The number of amides is 2. The first-order valence-corrected chi connectivity index (χ1v) is 11.3. The summed E-state index contributed by atoms with van der Waals surface area (Å²) in [6.45, 7) is 4.24. The van der Waals surface area contributed by atoms with E-state index in [-0.39, 0.29) is 17.5 Å². The second kappa shape index (κ2) is 10.0. The molecular formula is C27H26F2N2O3. The van der Waals surface area contributed by atoms with Crippen LogP contribution < -0.4 is 10.1 Å². The fourth-order valence-corrected chi connectivity index (χ4v) is 4.25. The molecule has 34 heavy (non-hydrogen) atoms. The molecule has 7 heteroatoms. The molecule has 0 fully saturated rings. The lowest BCUT2D eigenvalue weighted by atomic mass is 10.0. The van der Waals surface area contributed by atoms with E-state index in [0.717, 1.165) is 29.7 Å². The summed E-state index contributed by atoms with van der Waals surface area (Å²) in [5.41, 5.74) is 1.93. The summed E-state index contributed by atoms with van der Waals surface area (Å²) >= 11 is 0. The summed E-state index contributed by atoms with van der Waals surface area (Å²) in [7, 11) is 0. The van der Waals surface area contributed by atoms with E-state index in [9.17, 15) is 18.4 Å². The molecule has 1 N–H and O–H groups in total. The van der Waals surface area contributed by atoms with Crippen molar-refractivity contribution in [3.8, 4) is 5.75 Å². The molecule has 3 aromatic rings. The molecule has 1 aliphatic heterocycles. The molecule has 0 radical (unpaired) electrons. The molecule has 4 rings (SSSR count). The van der Waals surface area contributed by atoms with Crippen LogP contribution in [-0.4, -0.2) is 22.8 Å². The van der Waals surface area contributed by atoms with Crippen molar-refractivity contribution in [1.82, 2.24) is 4.90 Å². The molecule has 1 aliphatic rings. The van der Waals surface area contributed by atoms with Crippen LogP contribution in [0.3, 0.4) is 0 Å². The van der Waals surface area contributed by atoms with Crippen LogP contribution in [0.5, 0.6) is 5.75 Å². The Morgan fingerprint density at radius 1 is 1.09 bits per heavy atom. The van der Waals surface area contributed by atoms with E-state index in [4.69, 9.17) is 4.74 Å². The van der Waals surface area contributed by atoms with Gasteiger partial charge in [0.1, 0.15) is 17.4 Å². The monoisotopic (exact) mass is 464 g/mol. The highest BCUT2D eigenvalue weighted by Crippen LogP contribution is 2.35. The molecule has 1 heterocycles. The molecular weight excluding hydrogens is 438 g/mol. The van der Waals surface area contributed by atoms with Crippen molar-refractivity contribution < 1.29 is 23.1 Å². The van der Waals surface area contributed by atoms with Crippen LogP contribution in [0.15, 0.2) is 66.7 Å². The Morgan fingerprint density at radius 3 is 2.53 bits per heavy atom. The quantitative estimate of drug-likeness (QED) is 0.497. The van der Waals surface area contributed by atoms with Gasteiger partial charge < -0.3 is 15.0 Å². The number of rotatable bonds is 6. The molecule has 0 spiro atoms. The van der Waals surface area contributed by atoms with Crippen LogP contribution in [0.4, 0.5) is 14.5 Å². The summed E-state index contributed by atoms with van der Waals surface area (Å²) in [5.74, 6) is -1.91. The third-order valence-electron chi connectivity index (χ3n) is 5.98. The number of benzene rings is 3. The normalized spacial score (nSPS) is 16.3. The highest BCUT2D eigenvalue weighted by atomic mass is 19.1. The van der Waals surface area contributed by atoms with Crippen molar-refractivity contribution >= 4 is 17.5 Å². The van der Waals surface area contributed by atoms with E-state index in [1.165, 1.54) is 0 Å². The fourth-order valence-electron chi connectivity index (χ4n) is 4.25. The van der Waals surface area contributed by atoms with Crippen LogP contribution >= 0.6 is 0 Å². The maximum absolute atomic E-state index is 14.0. The van der Waals surface area contributed by atoms with Gasteiger partial charge in [-0.1, -0.05) is 44.2 Å². The zero-order valence-electron chi connectivity index (χ0n) is 19.1. The Bertz CT molecular complexity index is 1200. The van der Waals surface area contributed by atoms with Gasteiger partial charge in [-0.25, -0.2) is 8.78 Å². The number of nitrogens with zero attached hydrogens (tertiary/aromatic N) is 1. The number of nitrogens with one attached hydrogen (secondary N) is 1. The average molecular weight is 465 g/mol. The number of carbonyl (C=O) groups excluding carboxylic acids is 2. The summed E-state index contributed by atoms with van der Waals surface area (Å²) in [6, 6.07) is 17.6. The van der Waals surface area contributed by atoms with Gasteiger partial charge in [0.05, 0.1) is 18.2 Å². The third-order valence-corrected chi connectivity index (χ3v) is 5.98. The Labute approximate surface area is 197 Å². The Kier molecular flexibility index (Phi) is 6.91. The topological polar surface area (TPSA) is 58.6 Å². The fraction of sp³-hybridized carbons (Fsp3) is 0.259. The molecule has 0 saturated heterocycles. The Balaban J connectivity index is 1.65. The molecule has 2 unspecified atom stereocenters. The predicted octanol–water partition coefficient (Wildman–Crippen LogP) is 5.87. The number of carbonyl (C=O) groups is 2. The van der Waals surface area contributed by atoms with E-state index in [1.54, 1.807) is 18.2 Å². The molecule has 5 nitrogen and oxygen atoms in total. The van der Waals surface area contributed by atoms with Gasteiger partial charge in [-0.2, -0.15) is 0 Å². The van der Waals surface area contributed by atoms with Crippen molar-refractivity contribution in [2.75, 3.05) is 5.32 Å². The molecule has 0 bridgehead atoms. The smallest absolute Gasteiger partial charge is 0.264 e. The molecule has 3 aromatic carbocycles. The first-order chi connectivity index (χ1) is 16.4. The van der Waals surface area contributed by atoms with Gasteiger partial charge in [-0.05, 0) is 48.7 Å². The van der Waals surface area contributed by atoms with Crippen LogP contribution in [0.2, 0.25) is 0 Å². The maximum Gasteiger partial charge on any atom is 0.264 e. The van der Waals surface area contributed by atoms with Gasteiger partial charge in [0.2, 0.25) is 0 Å². The minimum atomic E-state index is -0.938. The lowest BCUT2D eigenvalue weighted by Crippen LogP contribution is -2.41. The van der Waals surface area contributed by atoms with E-state index in [0.29, 0.717) is 30.5 Å². The predicted molar refractivity (Wildman–Crippen MR) is 125 cm³/mol. The number of hydrogen-bond donors (Lipinski definition) is 1. The van der Waals surface area contributed by atoms with Gasteiger partial charge in [0.25, 0.3) is 11.8 Å². The first-order valence-electron chi connectivity index (χ1n) is 11.3. The zero-order chi connectivity index (χ0) is 24.2. The first kappa shape index (κ1) is 23.4. The van der Waals surface area contributed by atoms with E-state index >= 15 is 0 Å². The van der Waals surface area contributed by atoms with Crippen LogP contribution in [0.1, 0.15) is 54.2 Å². The van der Waals surface area contributed by atoms with Crippen molar-refractivity contribution in [3.05, 3.63) is 95.1 Å². The largest absolute Gasteiger partial charge is 0.480 e. The van der Waals surface area contributed by atoms with Gasteiger partial charge >= 0.3 is 0 Å². The Morgan fingerprint density at radius 2 is 1.85 bits per heavy atom. The lowest BCUT2D eigenvalue weighted by molar-refractivity contribution is -0.141. The molecule has 0 aliphatic carbocycles. The standard InChI is InChI=1S/C27H26F2N2O3/c1-3-23(17-8-6-5-7-9-17)31-16-18-14-20(11-13-25(18)34-24(4-2)27(31)33)30-26(32)21-12-10-19(28)15-22(21)29/h5-15,23-24H,3-4,16H2,1-2H3,(H,30,32). The highest BCUT2D eigenvalue weighted by Gasteiger charge is 2.34. The molecule has 176 valence electrons. The second-order valence-electron chi connectivity index (χ2n) is 8.22. The van der Waals surface area contributed by atoms with Gasteiger partial charge in [0, 0.05) is 17.3 Å². The van der Waals surface area contributed by atoms with Gasteiger partial charge in [-0.15, -0.1) is 0 Å². The molecule has 2 amide bonds. The number of ether oxygens (including phenoxy) is 1. The molecule has 2 atom stereocenters. The lowest BCUT2D eigenvalue weighted by Gasteiger charge is -2.32. The minimum Gasteiger partial charge on any atom is -0.480 e. The zero-order valence-corrected chi connectivity index (χ0v) is 19.1. The molecule has 0 saturated carbocycles. The summed E-state index contributed by atoms with van der Waals surface area (Å²) in [6.07, 6.45) is 0.622. The number of hydrogen-bond acceptors (Lipinski definition) is 3. The highest BCUT2D eigenvalue weighted by molar-refractivity contribution is 6.04. The maximum atomic E-state index is 14.0. The summed E-state index contributed by atoms with van der Waals surface area (Å²) in [5, 5.41) is 2.65. The Hall–Kier alpha value is -3.74. The van der Waals surface area contributed by atoms with E-state index < -0.39 is 23.6 Å². The second-order valence-corrected chi connectivity index (χ2v) is 8.22. The summed E-state index contributed by atoms with van der Waals surface area (Å²) in [4.78, 5) is 27.8. The van der Waals surface area contributed by atoms with Crippen LogP contribution in [0, 0.1) is 11.6 Å². The van der Waals surface area contributed by atoms with Crippen molar-refractivity contribution in [2.24, 2.45) is 0 Å². The van der Waals surface area contributed by atoms with Crippen LogP contribution in [-0.2, 0) is 11.3 Å². The van der Waals surface area contributed by atoms with Gasteiger partial charge in [0.15, 0.2) is 6.10 Å². The van der Waals surface area contributed by atoms with Crippen LogP contribution in [0.25, 0.3) is 0 Å². The number of halogens is 2. The van der Waals surface area contributed by atoms with E-state index in [2.05, 4.69) is 5.32 Å². The van der Waals surface area contributed by atoms with Gasteiger partial charge in [-0.3, -0.25) is 9.59 Å². The SMILES string of the molecule is CCC1Oc2ccc(NC(=O)c3ccc(F)cc3F)cc2CN(C(CC)c2ccccc2)C1=O. The number of anilines is 1. The number of fused-ring (bicyclic) bond motifs is 1. The van der Waals surface area contributed by atoms with Crippen molar-refractivity contribution in [2.45, 2.75) is 45.4 Å². The van der Waals surface area contributed by atoms with Crippen molar-refractivity contribution in [1.29, 1.82) is 0 Å². The minimum absolute atomic E-state index is 0.0895. The van der Waals surface area contributed by atoms with E-state index in [1.807, 2.05) is 49.1 Å². The third kappa shape index (κ3) is 4.78.